The van der Waals surface area contributed by atoms with Crippen molar-refractivity contribution in [1.82, 2.24) is 0 Å². The molecular weight excluding hydrogens is 424 g/mol. The van der Waals surface area contributed by atoms with Gasteiger partial charge in [0.15, 0.2) is 0 Å². The first-order valence-corrected chi connectivity index (χ1v) is 16.4. The smallest absolute Gasteiger partial charge is 0.261 e. The molecule has 0 aliphatic rings. The van der Waals surface area contributed by atoms with Gasteiger partial charge >= 0.3 is 0 Å². The van der Waals surface area contributed by atoms with E-state index in [-0.39, 0.29) is 5.04 Å². The molecule has 0 amide bonds. The fourth-order valence-corrected chi connectivity index (χ4v) is 8.86. The first-order chi connectivity index (χ1) is 15.0. The molecule has 0 aromatic heterocycles. The zero-order valence-corrected chi connectivity index (χ0v) is 22.5. The second-order valence-electron chi connectivity index (χ2n) is 9.91. The molecule has 2 aromatic carbocycles. The van der Waals surface area contributed by atoms with Gasteiger partial charge in [-0.05, 0) is 21.5 Å². The molecule has 0 unspecified atom stereocenters. The van der Waals surface area contributed by atoms with Gasteiger partial charge in [0.05, 0.1) is 6.61 Å². The van der Waals surface area contributed by atoms with E-state index in [1.165, 1.54) is 10.4 Å². The maximum atomic E-state index is 6.91. The van der Waals surface area contributed by atoms with Crippen LogP contribution in [0.1, 0.15) is 20.8 Å². The van der Waals surface area contributed by atoms with Gasteiger partial charge in [0, 0.05) is 12.7 Å². The monoisotopic (exact) mass is 460 g/mol. The average Bonchev–Trinajstić information content (AvgIpc) is 2.75. The molecule has 0 saturated carbocycles. The van der Waals surface area contributed by atoms with Gasteiger partial charge in [-0.3, -0.25) is 0 Å². The molecule has 0 radical (unpaired) electrons. The molecule has 0 N–H and O–H groups in total. The lowest BCUT2D eigenvalue weighted by Gasteiger charge is -2.42. The number of ether oxygens (including phenoxy) is 1. The molecule has 0 fully saturated rings. The van der Waals surface area contributed by atoms with E-state index in [0.29, 0.717) is 6.61 Å². The molecule has 2 rings (SSSR count). The van der Waals surface area contributed by atoms with Gasteiger partial charge in [-0.25, -0.2) is 0 Å². The van der Waals surface area contributed by atoms with Gasteiger partial charge in [0.25, 0.3) is 8.32 Å². The van der Waals surface area contributed by atoms with E-state index < -0.39 is 22.5 Å². The van der Waals surface area contributed by atoms with Crippen molar-refractivity contribution in [2.75, 3.05) is 13.7 Å². The molecule has 2 aromatic rings. The van der Waals surface area contributed by atoms with E-state index in [2.05, 4.69) is 106 Å². The van der Waals surface area contributed by atoms with E-state index >= 15 is 0 Å². The fraction of sp³-hybridized carbons (Fsp3) is 0.357. The number of methoxy groups -OCH3 is 1. The minimum absolute atomic E-state index is 0.0852. The maximum absolute atomic E-state index is 6.91. The van der Waals surface area contributed by atoms with Crippen LogP contribution < -0.4 is 10.4 Å². The van der Waals surface area contributed by atoms with Gasteiger partial charge in [0.1, 0.15) is 14.2 Å². The average molecular weight is 461 g/mol. The Morgan fingerprint density at radius 1 is 0.969 bits per heavy atom. The number of terminal acetylenes is 1. The van der Waals surface area contributed by atoms with Crippen molar-refractivity contribution in [3.05, 3.63) is 72.3 Å². The Bertz CT molecular complexity index is 956. The first kappa shape index (κ1) is 25.9. The molecule has 0 saturated heterocycles. The number of rotatable bonds is 7. The standard InChI is InChI=1S/C28H36O2Si2/c1-9-24(27(29-5)21-23-31(6,7)8)20-22-30-32(28(2,3)4,25-16-12-10-13-17-25)26-18-14-11-15-19-26/h1,10-20,27H,22H2,2-8H3/b24-20+/t27-/m1/s1. The Labute approximate surface area is 197 Å². The largest absolute Gasteiger partial charge is 0.404 e. The minimum Gasteiger partial charge on any atom is -0.404 e. The molecule has 0 bridgehead atoms. The minimum atomic E-state index is -2.61. The lowest BCUT2D eigenvalue weighted by Crippen LogP contribution is -2.66. The summed E-state index contributed by atoms with van der Waals surface area (Å²) < 4.78 is 12.5. The summed E-state index contributed by atoms with van der Waals surface area (Å²) >= 11 is 0. The highest BCUT2D eigenvalue weighted by atomic mass is 28.4. The quantitative estimate of drug-likeness (QED) is 0.427. The third-order valence-corrected chi connectivity index (χ3v) is 11.2. The van der Waals surface area contributed by atoms with E-state index in [9.17, 15) is 0 Å². The predicted octanol–water partition coefficient (Wildman–Crippen LogP) is 5.02. The Hall–Kier alpha value is -2.35. The molecule has 0 spiro atoms. The molecule has 0 aliphatic carbocycles. The number of benzene rings is 2. The maximum Gasteiger partial charge on any atom is 0.261 e. The Kier molecular flexibility index (Phi) is 8.90. The topological polar surface area (TPSA) is 18.5 Å². The predicted molar refractivity (Wildman–Crippen MR) is 142 cm³/mol. The van der Waals surface area contributed by atoms with Crippen molar-refractivity contribution < 1.29 is 9.16 Å². The molecule has 32 heavy (non-hydrogen) atoms. The van der Waals surface area contributed by atoms with Crippen molar-refractivity contribution in [3.63, 3.8) is 0 Å². The van der Waals surface area contributed by atoms with Crippen molar-refractivity contribution >= 4 is 26.8 Å². The van der Waals surface area contributed by atoms with Crippen LogP contribution in [0, 0.1) is 23.8 Å². The third-order valence-electron chi connectivity index (χ3n) is 5.28. The van der Waals surface area contributed by atoms with E-state index in [1.807, 2.05) is 18.2 Å². The van der Waals surface area contributed by atoms with Crippen LogP contribution in [-0.2, 0) is 9.16 Å². The summed E-state index contributed by atoms with van der Waals surface area (Å²) in [5.41, 5.74) is 4.08. The summed E-state index contributed by atoms with van der Waals surface area (Å²) in [7, 11) is -2.49. The molecule has 0 aliphatic heterocycles. The van der Waals surface area contributed by atoms with Gasteiger partial charge in [0.2, 0.25) is 0 Å². The Morgan fingerprint density at radius 3 is 1.84 bits per heavy atom. The van der Waals surface area contributed by atoms with Gasteiger partial charge in [-0.2, -0.15) is 0 Å². The first-order valence-electron chi connectivity index (χ1n) is 11.0. The normalized spacial score (nSPS) is 13.6. The third kappa shape index (κ3) is 6.34. The van der Waals surface area contributed by atoms with Crippen LogP contribution in [0.4, 0.5) is 0 Å². The van der Waals surface area contributed by atoms with Crippen molar-refractivity contribution in [1.29, 1.82) is 0 Å². The summed E-state index contributed by atoms with van der Waals surface area (Å²) in [6, 6.07) is 21.2. The number of hydrogen-bond donors (Lipinski definition) is 0. The van der Waals surface area contributed by atoms with Crippen molar-refractivity contribution in [2.24, 2.45) is 0 Å². The second kappa shape index (κ2) is 11.0. The van der Waals surface area contributed by atoms with Crippen LogP contribution in [-0.4, -0.2) is 36.2 Å². The molecule has 4 heteroatoms. The van der Waals surface area contributed by atoms with Gasteiger partial charge in [-0.15, -0.1) is 12.0 Å². The van der Waals surface area contributed by atoms with Crippen molar-refractivity contribution in [3.8, 4) is 23.8 Å². The fourth-order valence-electron chi connectivity index (χ4n) is 3.81. The summed E-state index contributed by atoms with van der Waals surface area (Å²) in [5, 5.41) is 2.41. The van der Waals surface area contributed by atoms with Gasteiger partial charge < -0.3 is 9.16 Å². The lowest BCUT2D eigenvalue weighted by molar-refractivity contribution is 0.178. The van der Waals surface area contributed by atoms with Crippen LogP contribution in [0.5, 0.6) is 0 Å². The molecule has 2 nitrogen and oxygen atoms in total. The summed E-state index contributed by atoms with van der Waals surface area (Å²) in [4.78, 5) is 0. The van der Waals surface area contributed by atoms with Crippen LogP contribution in [0.3, 0.4) is 0 Å². The summed E-state index contributed by atoms with van der Waals surface area (Å²) in [6.45, 7) is 13.8. The van der Waals surface area contributed by atoms with Crippen molar-refractivity contribution in [2.45, 2.75) is 51.6 Å². The Morgan fingerprint density at radius 2 is 1.47 bits per heavy atom. The number of hydrogen-bond acceptors (Lipinski definition) is 2. The summed E-state index contributed by atoms with van der Waals surface area (Å²) in [6.07, 6.45) is 7.40. The molecule has 168 valence electrons. The second-order valence-corrected chi connectivity index (χ2v) is 19.0. The molecule has 0 heterocycles. The van der Waals surface area contributed by atoms with Crippen LogP contribution in [0.25, 0.3) is 0 Å². The summed E-state index contributed by atoms with van der Waals surface area (Å²) in [5.74, 6) is 6.01. The zero-order valence-electron chi connectivity index (χ0n) is 20.5. The van der Waals surface area contributed by atoms with Crippen LogP contribution in [0.2, 0.25) is 24.7 Å². The van der Waals surface area contributed by atoms with E-state index in [0.717, 1.165) is 5.57 Å². The van der Waals surface area contributed by atoms with Gasteiger partial charge in [-0.1, -0.05) is 113 Å². The molecule has 1 atom stereocenters. The van der Waals surface area contributed by atoms with E-state index in [1.54, 1.807) is 7.11 Å². The van der Waals surface area contributed by atoms with Crippen LogP contribution in [0.15, 0.2) is 72.3 Å². The highest BCUT2D eigenvalue weighted by Gasteiger charge is 2.49. The highest BCUT2D eigenvalue weighted by molar-refractivity contribution is 6.99. The van der Waals surface area contributed by atoms with Crippen LogP contribution >= 0.6 is 0 Å². The SMILES string of the molecule is C#C/C(=C\CO[Si](c1ccccc1)(c1ccccc1)C(C)(C)C)[C@@H](C#C[Si](C)(C)C)OC. The Balaban J connectivity index is 2.49. The zero-order chi connectivity index (χ0) is 23.8. The molecular formula is C28H36O2Si2. The highest BCUT2D eigenvalue weighted by Crippen LogP contribution is 2.36. The lowest BCUT2D eigenvalue weighted by atomic mass is 10.1. The van der Waals surface area contributed by atoms with E-state index in [4.69, 9.17) is 15.6 Å².